The molecule has 0 heterocycles. The Kier molecular flexibility index (Phi) is 9.77. The monoisotopic (exact) mass is 610 g/mol. The summed E-state index contributed by atoms with van der Waals surface area (Å²) in [5.74, 6) is 1.39. The van der Waals surface area contributed by atoms with E-state index in [0.29, 0.717) is 30.6 Å². The van der Waals surface area contributed by atoms with Crippen molar-refractivity contribution < 1.29 is 41.1 Å². The van der Waals surface area contributed by atoms with Gasteiger partial charge in [-0.2, -0.15) is 8.42 Å². The summed E-state index contributed by atoms with van der Waals surface area (Å²) in [4.78, 5) is 24.3. The van der Waals surface area contributed by atoms with Crippen LogP contribution in [0, 0.1) is 40.4 Å². The van der Waals surface area contributed by atoms with E-state index in [0.717, 1.165) is 50.4 Å². The Balaban J connectivity index is 1.64. The first-order valence-electron chi connectivity index (χ1n) is 15.4. The molecule has 0 aromatic rings. The summed E-state index contributed by atoms with van der Waals surface area (Å²) >= 11 is 0. The molecule has 0 N–H and O–H groups in total. The molecule has 10 heteroatoms. The van der Waals surface area contributed by atoms with Gasteiger partial charge >= 0.3 is 12.3 Å². The van der Waals surface area contributed by atoms with Gasteiger partial charge in [0.2, 0.25) is 0 Å². The lowest BCUT2D eigenvalue weighted by molar-refractivity contribution is -0.0839. The maximum absolute atomic E-state index is 12.4. The van der Waals surface area contributed by atoms with Crippen LogP contribution >= 0.6 is 0 Å². The van der Waals surface area contributed by atoms with Gasteiger partial charge in [0.25, 0.3) is 10.1 Å². The third kappa shape index (κ3) is 6.40. The predicted molar refractivity (Wildman–Crippen MR) is 158 cm³/mol. The molecule has 1 unspecified atom stereocenters. The van der Waals surface area contributed by atoms with Crippen molar-refractivity contribution in [3.8, 4) is 0 Å². The molecule has 0 aliphatic heterocycles. The van der Waals surface area contributed by atoms with E-state index in [4.69, 9.17) is 23.1 Å². The summed E-state index contributed by atoms with van der Waals surface area (Å²) in [6, 6.07) is 0. The second-order valence-corrected chi connectivity index (χ2v) is 15.4. The largest absolute Gasteiger partial charge is 0.508 e. The first-order valence-corrected chi connectivity index (χ1v) is 17.2. The van der Waals surface area contributed by atoms with E-state index in [-0.39, 0.29) is 23.4 Å². The second-order valence-electron chi connectivity index (χ2n) is 13.8. The summed E-state index contributed by atoms with van der Waals surface area (Å²) in [5.41, 5.74) is 2.04. The minimum absolute atomic E-state index is 0.00426. The number of methoxy groups -OCH3 is 2. The molecule has 42 heavy (non-hydrogen) atoms. The van der Waals surface area contributed by atoms with Gasteiger partial charge in [0, 0.05) is 18.3 Å². The molecule has 0 aromatic heterocycles. The molecule has 0 aromatic carbocycles. The Hall–Kier alpha value is -2.07. The molecular formula is C32H50O9S. The number of ether oxygens (including phenoxy) is 4. The van der Waals surface area contributed by atoms with Gasteiger partial charge in [0.05, 0.1) is 26.6 Å². The highest BCUT2D eigenvalue weighted by Gasteiger charge is 2.60. The van der Waals surface area contributed by atoms with E-state index in [1.54, 1.807) is 0 Å². The maximum Gasteiger partial charge on any atom is 0.508 e. The van der Waals surface area contributed by atoms with E-state index in [9.17, 15) is 18.0 Å². The molecule has 4 aliphatic carbocycles. The number of allylic oxidation sites excluding steroid dienone is 3. The average molecular weight is 611 g/mol. The SMILES string of the molecule is COC(=O)O[C@@H]1CC2=CC=C3[C@@H]4CC[C@H]([C@H](C)C(CCC(C)C)OS(C)(=O)=O)[C@@]4(C)CC[C@@H]3[C@@]2(C)[C@@H](OC(=O)OC)C1. The Morgan fingerprint density at radius 3 is 2.24 bits per heavy atom. The van der Waals surface area contributed by atoms with E-state index < -0.39 is 40.1 Å². The van der Waals surface area contributed by atoms with E-state index in [1.165, 1.54) is 19.8 Å². The van der Waals surface area contributed by atoms with E-state index >= 15 is 0 Å². The zero-order valence-corrected chi connectivity index (χ0v) is 27.3. The normalized spacial score (nSPS) is 35.5. The molecule has 9 atom stereocenters. The number of hydrogen-bond donors (Lipinski definition) is 0. The first-order chi connectivity index (χ1) is 19.6. The molecule has 0 spiro atoms. The summed E-state index contributed by atoms with van der Waals surface area (Å²) in [6.45, 7) is 11.0. The number of hydrogen-bond acceptors (Lipinski definition) is 9. The second kappa shape index (κ2) is 12.5. The van der Waals surface area contributed by atoms with Crippen LogP contribution in [0.3, 0.4) is 0 Å². The number of fused-ring (bicyclic) bond motifs is 5. The lowest BCUT2D eigenvalue weighted by Gasteiger charge is -2.57. The quantitative estimate of drug-likeness (QED) is 0.205. The Labute approximate surface area is 251 Å². The van der Waals surface area contributed by atoms with Crippen molar-refractivity contribution in [3.63, 3.8) is 0 Å². The molecular weight excluding hydrogens is 560 g/mol. The van der Waals surface area contributed by atoms with Crippen LogP contribution in [0.1, 0.15) is 86.0 Å². The lowest BCUT2D eigenvalue weighted by atomic mass is 9.49. The van der Waals surface area contributed by atoms with Gasteiger partial charge in [-0.05, 0) is 73.5 Å². The van der Waals surface area contributed by atoms with E-state index in [1.807, 2.05) is 0 Å². The van der Waals surface area contributed by atoms with Crippen LogP contribution in [0.15, 0.2) is 23.3 Å². The van der Waals surface area contributed by atoms with Crippen molar-refractivity contribution in [2.75, 3.05) is 20.5 Å². The van der Waals surface area contributed by atoms with Crippen LogP contribution in [-0.2, 0) is 33.2 Å². The van der Waals surface area contributed by atoms with Crippen LogP contribution in [0.5, 0.6) is 0 Å². The molecule has 3 fully saturated rings. The van der Waals surface area contributed by atoms with Gasteiger partial charge < -0.3 is 18.9 Å². The molecule has 0 amide bonds. The van der Waals surface area contributed by atoms with Crippen LogP contribution in [0.4, 0.5) is 9.59 Å². The fraction of sp³-hybridized carbons (Fsp3) is 0.812. The van der Waals surface area contributed by atoms with Gasteiger partial charge in [-0.1, -0.05) is 57.9 Å². The maximum atomic E-state index is 12.4. The fourth-order valence-electron chi connectivity index (χ4n) is 8.90. The highest BCUT2D eigenvalue weighted by Crippen LogP contribution is 2.66. The molecule has 0 saturated heterocycles. The number of rotatable bonds is 9. The van der Waals surface area contributed by atoms with Crippen LogP contribution in [0.2, 0.25) is 0 Å². The van der Waals surface area contributed by atoms with Crippen molar-refractivity contribution in [3.05, 3.63) is 23.3 Å². The van der Waals surface area contributed by atoms with Crippen molar-refractivity contribution >= 4 is 22.4 Å². The minimum atomic E-state index is -3.58. The highest BCUT2D eigenvalue weighted by atomic mass is 32.2. The minimum Gasteiger partial charge on any atom is -0.438 e. The van der Waals surface area contributed by atoms with Crippen molar-refractivity contribution in [2.45, 2.75) is 104 Å². The van der Waals surface area contributed by atoms with Gasteiger partial charge in [-0.15, -0.1) is 0 Å². The topological polar surface area (TPSA) is 114 Å². The molecule has 9 nitrogen and oxygen atoms in total. The van der Waals surface area contributed by atoms with Crippen molar-refractivity contribution in [1.82, 2.24) is 0 Å². The molecule has 0 bridgehead atoms. The number of carbonyl (C=O) groups is 2. The third-order valence-corrected chi connectivity index (χ3v) is 11.7. The highest BCUT2D eigenvalue weighted by molar-refractivity contribution is 7.86. The molecule has 238 valence electrons. The smallest absolute Gasteiger partial charge is 0.438 e. The standard InChI is InChI=1S/C32H50O9S/c1-19(2)9-14-27(41-42(8,35)36)20(3)24-12-13-25-23-11-10-21-17-22(39-29(33)37-6)18-28(40-30(34)38-7)32(21,5)26(23)15-16-31(24,25)4/h10-11,19-20,22,24-28H,9,12-18H2,1-8H3/t20-,22+,24+,25-,26-,27?,28-,31+,32-/m0/s1. The van der Waals surface area contributed by atoms with Crippen LogP contribution in [-0.4, -0.2) is 59.5 Å². The fourth-order valence-corrected chi connectivity index (χ4v) is 9.62. The van der Waals surface area contributed by atoms with Gasteiger partial charge in [-0.25, -0.2) is 9.59 Å². The molecule has 4 rings (SSSR count). The van der Waals surface area contributed by atoms with Crippen molar-refractivity contribution in [1.29, 1.82) is 0 Å². The summed E-state index contributed by atoms with van der Waals surface area (Å²) in [7, 11) is -1.00. The predicted octanol–water partition coefficient (Wildman–Crippen LogP) is 6.82. The molecule has 0 radical (unpaired) electrons. The van der Waals surface area contributed by atoms with Crippen LogP contribution < -0.4 is 0 Å². The Morgan fingerprint density at radius 1 is 0.952 bits per heavy atom. The summed E-state index contributed by atoms with van der Waals surface area (Å²) < 4.78 is 51.2. The first kappa shape index (κ1) is 32.8. The lowest BCUT2D eigenvalue weighted by Crippen LogP contribution is -2.54. The van der Waals surface area contributed by atoms with Gasteiger partial charge in [0.15, 0.2) is 0 Å². The molecule has 4 aliphatic rings. The van der Waals surface area contributed by atoms with E-state index in [2.05, 4.69) is 46.8 Å². The Bertz CT molecular complexity index is 1190. The van der Waals surface area contributed by atoms with Gasteiger partial charge in [0.1, 0.15) is 12.2 Å². The summed E-state index contributed by atoms with van der Waals surface area (Å²) in [6.07, 6.45) is 9.23. The van der Waals surface area contributed by atoms with Gasteiger partial charge in [-0.3, -0.25) is 4.18 Å². The van der Waals surface area contributed by atoms with Crippen molar-refractivity contribution in [2.24, 2.45) is 40.4 Å². The molecule has 3 saturated carbocycles. The van der Waals surface area contributed by atoms with Crippen LogP contribution in [0.25, 0.3) is 0 Å². The zero-order valence-electron chi connectivity index (χ0n) is 26.5. The third-order valence-electron chi connectivity index (χ3n) is 11.1. The number of carbonyl (C=O) groups excluding carboxylic acids is 2. The average Bonchev–Trinajstić information content (AvgIpc) is 3.27. The Morgan fingerprint density at radius 2 is 1.62 bits per heavy atom. The zero-order chi connectivity index (χ0) is 31.0. The summed E-state index contributed by atoms with van der Waals surface area (Å²) in [5, 5.41) is 0.